The maximum Gasteiger partial charge on any atom is 0.315 e. The summed E-state index contributed by atoms with van der Waals surface area (Å²) in [6.45, 7) is 5.26. The van der Waals surface area contributed by atoms with Gasteiger partial charge in [0.1, 0.15) is 11.1 Å². The summed E-state index contributed by atoms with van der Waals surface area (Å²) in [5, 5.41) is 10.4. The molecule has 0 saturated carbocycles. The number of aryl methyl sites for hydroxylation is 1. The maximum absolute atomic E-state index is 15.6. The fourth-order valence-electron chi connectivity index (χ4n) is 5.47. The molecule has 0 aliphatic carbocycles. The topological polar surface area (TPSA) is 97.6 Å². The van der Waals surface area contributed by atoms with Crippen LogP contribution >= 0.6 is 0 Å². The van der Waals surface area contributed by atoms with Crippen LogP contribution in [0.25, 0.3) is 0 Å². The summed E-state index contributed by atoms with van der Waals surface area (Å²) < 4.78 is 55.3. The lowest BCUT2D eigenvalue weighted by atomic mass is 9.74. The highest BCUT2D eigenvalue weighted by Gasteiger charge is 2.41. The van der Waals surface area contributed by atoms with Gasteiger partial charge in [0.25, 0.3) is 0 Å². The highest BCUT2D eigenvalue weighted by Crippen LogP contribution is 2.39. The van der Waals surface area contributed by atoms with Crippen molar-refractivity contribution >= 4 is 16.0 Å². The molecule has 2 saturated heterocycles. The summed E-state index contributed by atoms with van der Waals surface area (Å²) in [6, 6.07) is 14.6. The summed E-state index contributed by atoms with van der Waals surface area (Å²) in [6.07, 6.45) is 2.70. The van der Waals surface area contributed by atoms with Gasteiger partial charge < -0.3 is 14.5 Å². The first-order valence-electron chi connectivity index (χ1n) is 12.7. The van der Waals surface area contributed by atoms with Crippen molar-refractivity contribution in [2.24, 2.45) is 0 Å². The van der Waals surface area contributed by atoms with E-state index < -0.39 is 21.1 Å². The van der Waals surface area contributed by atoms with Gasteiger partial charge in [0.05, 0.1) is 0 Å². The molecule has 5 rings (SSSR count). The van der Waals surface area contributed by atoms with E-state index >= 15 is 4.39 Å². The van der Waals surface area contributed by atoms with E-state index in [2.05, 4.69) is 15.5 Å². The van der Waals surface area contributed by atoms with Gasteiger partial charge in [-0.15, -0.1) is 5.10 Å². The standard InChI is InChI=1S/C27H33FN4O4S/c1-19-8-11-25(21-6-4-3-5-7-21)37(33,34)32(19)17-22-9-10-23(16-24(22)28)27(12-14-35-15-13-27)18-29-26-31-30-20(2)36-26/h3-7,9-10,16,19,25H,8,11-15,17-18H2,1-2H3,(H,29,31)/t19-,25+/m0/s1. The van der Waals surface area contributed by atoms with Gasteiger partial charge >= 0.3 is 6.01 Å². The molecule has 0 unspecified atom stereocenters. The number of hydrogen-bond donors (Lipinski definition) is 1. The summed E-state index contributed by atoms with van der Waals surface area (Å²) >= 11 is 0. The number of rotatable bonds is 7. The van der Waals surface area contributed by atoms with E-state index in [-0.39, 0.29) is 18.0 Å². The second-order valence-corrected chi connectivity index (χ2v) is 12.2. The minimum atomic E-state index is -3.64. The molecule has 1 N–H and O–H groups in total. The number of benzene rings is 2. The maximum atomic E-state index is 15.6. The molecule has 2 aromatic carbocycles. The van der Waals surface area contributed by atoms with Gasteiger partial charge in [-0.25, -0.2) is 12.8 Å². The van der Waals surface area contributed by atoms with Crippen LogP contribution in [-0.2, 0) is 26.7 Å². The molecule has 2 aliphatic heterocycles. The number of sulfonamides is 1. The fraction of sp³-hybridized carbons (Fsp3) is 0.481. The Bertz CT molecular complexity index is 1330. The average molecular weight is 529 g/mol. The molecule has 3 heterocycles. The van der Waals surface area contributed by atoms with E-state index in [1.165, 1.54) is 4.31 Å². The first kappa shape index (κ1) is 25.8. The molecule has 1 aromatic heterocycles. The van der Waals surface area contributed by atoms with Crippen molar-refractivity contribution < 1.29 is 22.0 Å². The molecule has 3 aromatic rings. The smallest absolute Gasteiger partial charge is 0.315 e. The normalized spacial score (nSPS) is 23.5. The zero-order chi connectivity index (χ0) is 26.0. The quantitative estimate of drug-likeness (QED) is 0.473. The minimum absolute atomic E-state index is 0.00850. The van der Waals surface area contributed by atoms with Crippen LogP contribution in [-0.4, -0.2) is 48.7 Å². The Kier molecular flexibility index (Phi) is 7.33. The zero-order valence-electron chi connectivity index (χ0n) is 21.2. The van der Waals surface area contributed by atoms with E-state index in [0.29, 0.717) is 56.5 Å². The van der Waals surface area contributed by atoms with Gasteiger partial charge in [-0.2, -0.15) is 4.31 Å². The van der Waals surface area contributed by atoms with Crippen LogP contribution < -0.4 is 5.32 Å². The number of halogens is 1. The van der Waals surface area contributed by atoms with Crippen LogP contribution in [0.15, 0.2) is 52.9 Å². The van der Waals surface area contributed by atoms with Crippen molar-refractivity contribution in [2.75, 3.05) is 25.1 Å². The Labute approximate surface area is 217 Å². The van der Waals surface area contributed by atoms with Gasteiger partial charge in [-0.3, -0.25) is 0 Å². The zero-order valence-corrected chi connectivity index (χ0v) is 22.0. The molecule has 37 heavy (non-hydrogen) atoms. The monoisotopic (exact) mass is 528 g/mol. The Hall–Kier alpha value is -2.82. The van der Waals surface area contributed by atoms with Crippen LogP contribution in [0.5, 0.6) is 0 Å². The summed E-state index contributed by atoms with van der Waals surface area (Å²) in [4.78, 5) is 0. The van der Waals surface area contributed by atoms with E-state index in [9.17, 15) is 8.42 Å². The molecule has 2 atom stereocenters. The molecule has 2 aliphatic rings. The number of ether oxygens (including phenoxy) is 1. The summed E-state index contributed by atoms with van der Waals surface area (Å²) in [5.41, 5.74) is 1.62. The molecule has 0 amide bonds. The second-order valence-electron chi connectivity index (χ2n) is 10.1. The third-order valence-electron chi connectivity index (χ3n) is 7.74. The molecule has 198 valence electrons. The predicted molar refractivity (Wildman–Crippen MR) is 138 cm³/mol. The first-order chi connectivity index (χ1) is 17.8. The lowest BCUT2D eigenvalue weighted by Gasteiger charge is -2.39. The Morgan fingerprint density at radius 3 is 2.54 bits per heavy atom. The van der Waals surface area contributed by atoms with Crippen LogP contribution in [0.1, 0.15) is 60.4 Å². The van der Waals surface area contributed by atoms with Gasteiger partial charge in [-0.05, 0) is 49.8 Å². The SMILES string of the molecule is Cc1nnc(NCC2(c3ccc(CN4[C@@H](C)CC[C@H](c5ccccc5)S4(=O)=O)c(F)c3)CCOCC2)o1. The van der Waals surface area contributed by atoms with E-state index in [1.54, 1.807) is 19.1 Å². The summed E-state index contributed by atoms with van der Waals surface area (Å²) in [7, 11) is -3.64. The van der Waals surface area contributed by atoms with E-state index in [0.717, 1.165) is 17.5 Å². The number of nitrogens with one attached hydrogen (secondary N) is 1. The van der Waals surface area contributed by atoms with Gasteiger partial charge in [0.15, 0.2) is 0 Å². The molecule has 8 nitrogen and oxygen atoms in total. The summed E-state index contributed by atoms with van der Waals surface area (Å²) in [5.74, 6) is 0.0663. The Morgan fingerprint density at radius 2 is 1.86 bits per heavy atom. The lowest BCUT2D eigenvalue weighted by molar-refractivity contribution is 0.0541. The molecule has 2 fully saturated rings. The molecular formula is C27H33FN4O4S. The predicted octanol–water partition coefficient (Wildman–Crippen LogP) is 4.73. The highest BCUT2D eigenvalue weighted by molar-refractivity contribution is 7.89. The van der Waals surface area contributed by atoms with E-state index in [4.69, 9.17) is 9.15 Å². The van der Waals surface area contributed by atoms with Crippen molar-refractivity contribution in [3.63, 3.8) is 0 Å². The Morgan fingerprint density at radius 1 is 1.11 bits per heavy atom. The lowest BCUT2D eigenvalue weighted by Crippen LogP contribution is -2.45. The third-order valence-corrected chi connectivity index (χ3v) is 10.1. The van der Waals surface area contributed by atoms with Crippen molar-refractivity contribution in [3.8, 4) is 0 Å². The third kappa shape index (κ3) is 5.28. The molecular weight excluding hydrogens is 495 g/mol. The van der Waals surface area contributed by atoms with Crippen molar-refractivity contribution in [1.29, 1.82) is 0 Å². The molecule has 0 bridgehead atoms. The molecule has 0 spiro atoms. The van der Waals surface area contributed by atoms with Crippen LogP contribution in [0.4, 0.5) is 10.4 Å². The average Bonchev–Trinajstić information content (AvgIpc) is 3.32. The second kappa shape index (κ2) is 10.5. The number of hydrogen-bond acceptors (Lipinski definition) is 7. The Balaban J connectivity index is 1.38. The van der Waals surface area contributed by atoms with Crippen LogP contribution in [0, 0.1) is 12.7 Å². The first-order valence-corrected chi connectivity index (χ1v) is 14.3. The number of aromatic nitrogens is 2. The largest absolute Gasteiger partial charge is 0.408 e. The van der Waals surface area contributed by atoms with Crippen molar-refractivity contribution in [2.45, 2.75) is 62.8 Å². The minimum Gasteiger partial charge on any atom is -0.408 e. The van der Waals surface area contributed by atoms with Crippen LogP contribution in [0.3, 0.4) is 0 Å². The molecule has 0 radical (unpaired) electrons. The highest BCUT2D eigenvalue weighted by atomic mass is 32.2. The van der Waals surface area contributed by atoms with Crippen molar-refractivity contribution in [1.82, 2.24) is 14.5 Å². The fourth-order valence-corrected chi connectivity index (χ4v) is 7.66. The van der Waals surface area contributed by atoms with Crippen LogP contribution in [0.2, 0.25) is 0 Å². The number of nitrogens with zero attached hydrogens (tertiary/aromatic N) is 3. The van der Waals surface area contributed by atoms with Crippen molar-refractivity contribution in [3.05, 3.63) is 76.9 Å². The number of anilines is 1. The molecule has 10 heteroatoms. The van der Waals surface area contributed by atoms with E-state index in [1.807, 2.05) is 43.3 Å². The van der Waals surface area contributed by atoms with Gasteiger partial charge in [-0.1, -0.05) is 47.6 Å². The van der Waals surface area contributed by atoms with Gasteiger partial charge in [0.2, 0.25) is 15.9 Å². The van der Waals surface area contributed by atoms with Gasteiger partial charge in [0, 0.05) is 50.2 Å².